The van der Waals surface area contributed by atoms with Gasteiger partial charge in [-0.3, -0.25) is 9.59 Å². The SMILES string of the molecule is CC(C(=O)NCCC(=O)N1CCCCC1)C(N)=S. The first kappa shape index (κ1) is 14.9. The van der Waals surface area contributed by atoms with Gasteiger partial charge >= 0.3 is 0 Å². The summed E-state index contributed by atoms with van der Waals surface area (Å²) in [5, 5.41) is 2.68. The van der Waals surface area contributed by atoms with Crippen molar-refractivity contribution in [2.45, 2.75) is 32.6 Å². The van der Waals surface area contributed by atoms with Gasteiger partial charge in [0.1, 0.15) is 0 Å². The third-order valence-electron chi connectivity index (χ3n) is 3.17. The lowest BCUT2D eigenvalue weighted by Gasteiger charge is -2.26. The zero-order valence-electron chi connectivity index (χ0n) is 10.8. The van der Waals surface area contributed by atoms with E-state index in [1.54, 1.807) is 6.92 Å². The Balaban J connectivity index is 2.22. The molecule has 0 radical (unpaired) electrons. The molecule has 1 aliphatic rings. The Kier molecular flexibility index (Phi) is 6.04. The molecule has 0 aromatic rings. The number of nitrogens with zero attached hydrogens (tertiary/aromatic N) is 1. The van der Waals surface area contributed by atoms with Crippen LogP contribution >= 0.6 is 12.2 Å². The molecule has 1 unspecified atom stereocenters. The number of nitrogens with one attached hydrogen (secondary N) is 1. The first-order valence-corrected chi connectivity index (χ1v) is 6.78. The molecule has 2 amide bonds. The first-order valence-electron chi connectivity index (χ1n) is 6.37. The molecule has 0 aliphatic carbocycles. The van der Waals surface area contributed by atoms with Gasteiger partial charge in [0.2, 0.25) is 11.8 Å². The molecule has 1 heterocycles. The Labute approximate surface area is 113 Å². The van der Waals surface area contributed by atoms with Crippen LogP contribution in [0.15, 0.2) is 0 Å². The summed E-state index contributed by atoms with van der Waals surface area (Å²) in [5.41, 5.74) is 5.38. The van der Waals surface area contributed by atoms with Gasteiger partial charge in [0.25, 0.3) is 0 Å². The lowest BCUT2D eigenvalue weighted by atomic mass is 10.1. The van der Waals surface area contributed by atoms with Gasteiger partial charge in [0.05, 0.1) is 10.9 Å². The van der Waals surface area contributed by atoms with E-state index in [0.717, 1.165) is 25.9 Å². The Morgan fingerprint density at radius 1 is 1.33 bits per heavy atom. The van der Waals surface area contributed by atoms with Crippen LogP contribution < -0.4 is 11.1 Å². The van der Waals surface area contributed by atoms with E-state index in [2.05, 4.69) is 5.32 Å². The Morgan fingerprint density at radius 2 is 1.94 bits per heavy atom. The Morgan fingerprint density at radius 3 is 2.50 bits per heavy atom. The predicted octanol–water partition coefficient (Wildman–Crippen LogP) is 0.427. The number of carbonyl (C=O) groups excluding carboxylic acids is 2. The van der Waals surface area contributed by atoms with Crippen molar-refractivity contribution in [3.05, 3.63) is 0 Å². The molecule has 0 aromatic heterocycles. The lowest BCUT2D eigenvalue weighted by Crippen LogP contribution is -2.40. The summed E-state index contributed by atoms with van der Waals surface area (Å²) >= 11 is 4.74. The van der Waals surface area contributed by atoms with E-state index in [9.17, 15) is 9.59 Å². The van der Waals surface area contributed by atoms with Crippen molar-refractivity contribution in [3.8, 4) is 0 Å². The van der Waals surface area contributed by atoms with Crippen molar-refractivity contribution < 1.29 is 9.59 Å². The van der Waals surface area contributed by atoms with Gasteiger partial charge < -0.3 is 16.0 Å². The van der Waals surface area contributed by atoms with Crippen LogP contribution in [0.5, 0.6) is 0 Å². The second-order valence-electron chi connectivity index (χ2n) is 4.61. The third-order valence-corrected chi connectivity index (χ3v) is 3.52. The number of thiocarbonyl (C=S) groups is 1. The molecule has 3 N–H and O–H groups in total. The van der Waals surface area contributed by atoms with Gasteiger partial charge in [0, 0.05) is 26.1 Å². The summed E-state index contributed by atoms with van der Waals surface area (Å²) in [6.45, 7) is 3.69. The van der Waals surface area contributed by atoms with E-state index in [0.29, 0.717) is 13.0 Å². The first-order chi connectivity index (χ1) is 8.52. The molecule has 1 rings (SSSR count). The van der Waals surface area contributed by atoms with Crippen LogP contribution in [-0.2, 0) is 9.59 Å². The standard InChI is InChI=1S/C12H21N3O2S/c1-9(11(13)18)12(17)14-6-5-10(16)15-7-3-2-4-8-15/h9H,2-8H2,1H3,(H2,13,18)(H,14,17). The normalized spacial score (nSPS) is 17.1. The number of rotatable bonds is 5. The molecule has 0 saturated carbocycles. The number of piperidine rings is 1. The Hall–Kier alpha value is -1.17. The molecular formula is C12H21N3O2S. The monoisotopic (exact) mass is 271 g/mol. The second-order valence-corrected chi connectivity index (χ2v) is 5.08. The van der Waals surface area contributed by atoms with Gasteiger partial charge in [-0.2, -0.15) is 0 Å². The maximum absolute atomic E-state index is 11.8. The maximum Gasteiger partial charge on any atom is 0.229 e. The minimum Gasteiger partial charge on any atom is -0.393 e. The van der Waals surface area contributed by atoms with E-state index in [1.165, 1.54) is 6.42 Å². The molecule has 1 fully saturated rings. The van der Waals surface area contributed by atoms with Crippen LogP contribution in [0.1, 0.15) is 32.6 Å². The van der Waals surface area contributed by atoms with E-state index >= 15 is 0 Å². The minimum absolute atomic E-state index is 0.109. The lowest BCUT2D eigenvalue weighted by molar-refractivity contribution is -0.132. The van der Waals surface area contributed by atoms with Crippen molar-refractivity contribution in [2.24, 2.45) is 11.7 Å². The number of amides is 2. The van der Waals surface area contributed by atoms with Crippen LogP contribution in [0, 0.1) is 5.92 Å². The van der Waals surface area contributed by atoms with Gasteiger partial charge in [-0.1, -0.05) is 12.2 Å². The molecule has 1 saturated heterocycles. The van der Waals surface area contributed by atoms with Gasteiger partial charge in [-0.05, 0) is 26.2 Å². The largest absolute Gasteiger partial charge is 0.393 e. The quantitative estimate of drug-likeness (QED) is 0.711. The molecule has 5 nitrogen and oxygen atoms in total. The molecule has 0 bridgehead atoms. The average molecular weight is 271 g/mol. The molecular weight excluding hydrogens is 250 g/mol. The topological polar surface area (TPSA) is 75.4 Å². The summed E-state index contributed by atoms with van der Waals surface area (Å²) in [7, 11) is 0. The summed E-state index contributed by atoms with van der Waals surface area (Å²) in [4.78, 5) is 25.4. The summed E-state index contributed by atoms with van der Waals surface area (Å²) in [6.07, 6.45) is 3.70. The highest BCUT2D eigenvalue weighted by atomic mass is 32.1. The highest BCUT2D eigenvalue weighted by molar-refractivity contribution is 7.80. The van der Waals surface area contributed by atoms with Crippen LogP contribution in [0.2, 0.25) is 0 Å². The highest BCUT2D eigenvalue weighted by Crippen LogP contribution is 2.09. The molecule has 1 atom stereocenters. The fraction of sp³-hybridized carbons (Fsp3) is 0.750. The predicted molar refractivity (Wildman–Crippen MR) is 74.0 cm³/mol. The smallest absolute Gasteiger partial charge is 0.229 e. The van der Waals surface area contributed by atoms with Crippen LogP contribution in [0.4, 0.5) is 0 Å². The fourth-order valence-corrected chi connectivity index (χ4v) is 1.98. The second kappa shape index (κ2) is 7.31. The molecule has 18 heavy (non-hydrogen) atoms. The molecule has 1 aliphatic heterocycles. The third kappa shape index (κ3) is 4.60. The van der Waals surface area contributed by atoms with E-state index < -0.39 is 5.92 Å². The fourth-order valence-electron chi connectivity index (χ4n) is 1.88. The van der Waals surface area contributed by atoms with E-state index in [1.807, 2.05) is 4.90 Å². The molecule has 0 aromatic carbocycles. The summed E-state index contributed by atoms with van der Waals surface area (Å²) in [5.74, 6) is -0.586. The number of hydrogen-bond donors (Lipinski definition) is 2. The van der Waals surface area contributed by atoms with Crippen molar-refractivity contribution in [1.82, 2.24) is 10.2 Å². The van der Waals surface area contributed by atoms with Gasteiger partial charge in [-0.15, -0.1) is 0 Å². The zero-order chi connectivity index (χ0) is 13.5. The van der Waals surface area contributed by atoms with E-state index in [-0.39, 0.29) is 16.8 Å². The highest BCUT2D eigenvalue weighted by Gasteiger charge is 2.18. The van der Waals surface area contributed by atoms with Crippen molar-refractivity contribution >= 4 is 29.0 Å². The average Bonchev–Trinajstić information content (AvgIpc) is 2.38. The number of carbonyl (C=O) groups is 2. The van der Waals surface area contributed by atoms with Crippen LogP contribution in [-0.4, -0.2) is 41.3 Å². The number of hydrogen-bond acceptors (Lipinski definition) is 3. The van der Waals surface area contributed by atoms with Crippen molar-refractivity contribution in [1.29, 1.82) is 0 Å². The molecule has 102 valence electrons. The summed E-state index contributed by atoms with van der Waals surface area (Å²) in [6, 6.07) is 0. The van der Waals surface area contributed by atoms with Crippen LogP contribution in [0.25, 0.3) is 0 Å². The van der Waals surface area contributed by atoms with E-state index in [4.69, 9.17) is 18.0 Å². The van der Waals surface area contributed by atoms with Gasteiger partial charge in [-0.25, -0.2) is 0 Å². The van der Waals surface area contributed by atoms with Gasteiger partial charge in [0.15, 0.2) is 0 Å². The maximum atomic E-state index is 11.8. The van der Waals surface area contributed by atoms with Crippen molar-refractivity contribution in [2.75, 3.05) is 19.6 Å². The minimum atomic E-state index is -0.481. The van der Waals surface area contributed by atoms with Crippen molar-refractivity contribution in [3.63, 3.8) is 0 Å². The number of likely N-dealkylation sites (tertiary alicyclic amines) is 1. The Bertz CT molecular complexity index is 327. The zero-order valence-corrected chi connectivity index (χ0v) is 11.6. The summed E-state index contributed by atoms with van der Waals surface area (Å²) < 4.78 is 0. The number of nitrogens with two attached hydrogens (primary N) is 1. The molecule has 6 heteroatoms. The molecule has 0 spiro atoms. The van der Waals surface area contributed by atoms with Crippen LogP contribution in [0.3, 0.4) is 0 Å².